The van der Waals surface area contributed by atoms with Crippen LogP contribution in [0.3, 0.4) is 0 Å². The summed E-state index contributed by atoms with van der Waals surface area (Å²) in [5.74, 6) is -0.00746. The molecule has 0 aliphatic rings. The predicted molar refractivity (Wildman–Crippen MR) is 67.7 cm³/mol. The molecule has 4 heteroatoms. The zero-order chi connectivity index (χ0) is 12.3. The van der Waals surface area contributed by atoms with Crippen molar-refractivity contribution in [1.29, 1.82) is 5.26 Å². The Kier molecular flexibility index (Phi) is 3.68. The Labute approximate surface area is 105 Å². The first-order chi connectivity index (χ1) is 8.22. The quantitative estimate of drug-likeness (QED) is 0.903. The van der Waals surface area contributed by atoms with E-state index in [4.69, 9.17) is 21.3 Å². The summed E-state index contributed by atoms with van der Waals surface area (Å²) in [4.78, 5) is 0. The summed E-state index contributed by atoms with van der Waals surface area (Å²) in [6.07, 6.45) is 0. The van der Waals surface area contributed by atoms with Crippen LogP contribution < -0.4 is 5.32 Å². The van der Waals surface area contributed by atoms with Crippen molar-refractivity contribution >= 4 is 22.6 Å². The van der Waals surface area contributed by atoms with Crippen LogP contribution in [0.4, 0.5) is 0 Å². The number of hydrogen-bond acceptors (Lipinski definition) is 3. The number of furan rings is 1. The highest BCUT2D eigenvalue weighted by atomic mass is 35.5. The van der Waals surface area contributed by atoms with E-state index >= 15 is 0 Å². The summed E-state index contributed by atoms with van der Waals surface area (Å²) in [5, 5.41) is 13.3. The van der Waals surface area contributed by atoms with Crippen LogP contribution >= 0.6 is 11.6 Å². The minimum absolute atomic E-state index is 0.00746. The van der Waals surface area contributed by atoms with E-state index in [1.807, 2.05) is 31.2 Å². The van der Waals surface area contributed by atoms with E-state index in [0.29, 0.717) is 18.3 Å². The molecule has 88 valence electrons. The van der Waals surface area contributed by atoms with Crippen LogP contribution in [-0.4, -0.2) is 6.54 Å². The lowest BCUT2D eigenvalue weighted by atomic mass is 10.1. The molecule has 0 aliphatic heterocycles. The normalized spacial score (nSPS) is 12.5. The predicted octanol–water partition coefficient (Wildman–Crippen LogP) is 3.34. The largest absolute Gasteiger partial charge is 0.444 e. The van der Waals surface area contributed by atoms with E-state index in [-0.39, 0.29) is 5.92 Å². The Hall–Kier alpha value is -1.50. The van der Waals surface area contributed by atoms with Crippen LogP contribution in [0.2, 0.25) is 5.22 Å². The molecule has 1 atom stereocenters. The van der Waals surface area contributed by atoms with Gasteiger partial charge in [0.2, 0.25) is 0 Å². The lowest BCUT2D eigenvalue weighted by Crippen LogP contribution is -2.19. The molecular formula is C13H13ClN2O. The first kappa shape index (κ1) is 12.0. The molecule has 0 amide bonds. The molecule has 0 spiro atoms. The third-order valence-corrected chi connectivity index (χ3v) is 2.93. The molecule has 0 bridgehead atoms. The number of benzene rings is 1. The van der Waals surface area contributed by atoms with Crippen molar-refractivity contribution in [3.05, 3.63) is 35.0 Å². The van der Waals surface area contributed by atoms with Crippen molar-refractivity contribution < 1.29 is 4.42 Å². The van der Waals surface area contributed by atoms with Gasteiger partial charge in [-0.25, -0.2) is 0 Å². The van der Waals surface area contributed by atoms with E-state index in [9.17, 15) is 0 Å². The van der Waals surface area contributed by atoms with Gasteiger partial charge in [0.25, 0.3) is 0 Å². The maximum absolute atomic E-state index is 8.68. The molecule has 1 heterocycles. The molecular weight excluding hydrogens is 236 g/mol. The number of hydrogen-bond donors (Lipinski definition) is 1. The van der Waals surface area contributed by atoms with E-state index in [2.05, 4.69) is 11.4 Å². The summed E-state index contributed by atoms with van der Waals surface area (Å²) >= 11 is 6.05. The fourth-order valence-corrected chi connectivity index (χ4v) is 1.94. The number of fused-ring (bicyclic) bond motifs is 1. The van der Waals surface area contributed by atoms with Gasteiger partial charge in [-0.3, -0.25) is 0 Å². The summed E-state index contributed by atoms with van der Waals surface area (Å²) in [7, 11) is 0. The minimum Gasteiger partial charge on any atom is -0.444 e. The second-order valence-corrected chi connectivity index (χ2v) is 4.35. The highest BCUT2D eigenvalue weighted by Gasteiger charge is 2.11. The van der Waals surface area contributed by atoms with Crippen LogP contribution in [0.25, 0.3) is 11.0 Å². The molecule has 0 radical (unpaired) electrons. The third kappa shape index (κ3) is 2.60. The molecule has 2 rings (SSSR count). The maximum Gasteiger partial charge on any atom is 0.199 e. The van der Waals surface area contributed by atoms with Gasteiger partial charge in [-0.15, -0.1) is 0 Å². The lowest BCUT2D eigenvalue weighted by molar-refractivity contribution is 0.583. The van der Waals surface area contributed by atoms with Gasteiger partial charge in [0, 0.05) is 24.0 Å². The fourth-order valence-electron chi connectivity index (χ4n) is 1.69. The Balaban J connectivity index is 2.13. The Bertz CT molecular complexity index is 556. The van der Waals surface area contributed by atoms with Crippen LogP contribution in [0.15, 0.2) is 28.7 Å². The molecule has 2 aromatic rings. The SMILES string of the molecule is CC(C#N)CNCc1c(Cl)oc2ccccc12. The molecule has 1 aromatic carbocycles. The molecule has 1 aromatic heterocycles. The average Bonchev–Trinajstić information content (AvgIpc) is 2.66. The summed E-state index contributed by atoms with van der Waals surface area (Å²) in [5.41, 5.74) is 1.75. The highest BCUT2D eigenvalue weighted by molar-refractivity contribution is 6.30. The third-order valence-electron chi connectivity index (χ3n) is 2.62. The maximum atomic E-state index is 8.68. The molecule has 3 nitrogen and oxygen atoms in total. The number of para-hydroxylation sites is 1. The molecule has 0 saturated carbocycles. The van der Waals surface area contributed by atoms with E-state index < -0.39 is 0 Å². The van der Waals surface area contributed by atoms with Gasteiger partial charge in [0.05, 0.1) is 12.0 Å². The first-order valence-corrected chi connectivity index (χ1v) is 5.86. The van der Waals surface area contributed by atoms with Crippen molar-refractivity contribution in [2.75, 3.05) is 6.54 Å². The van der Waals surface area contributed by atoms with Crippen molar-refractivity contribution in [3.8, 4) is 6.07 Å². The van der Waals surface area contributed by atoms with Crippen LogP contribution in [0.1, 0.15) is 12.5 Å². The number of rotatable bonds is 4. The minimum atomic E-state index is -0.00746. The Morgan fingerprint density at radius 2 is 2.24 bits per heavy atom. The molecule has 0 aliphatic carbocycles. The second kappa shape index (κ2) is 5.22. The number of nitrogens with zero attached hydrogens (tertiary/aromatic N) is 1. The number of nitriles is 1. The zero-order valence-corrected chi connectivity index (χ0v) is 10.3. The van der Waals surface area contributed by atoms with Gasteiger partial charge in [0.15, 0.2) is 5.22 Å². The van der Waals surface area contributed by atoms with Crippen LogP contribution in [-0.2, 0) is 6.54 Å². The lowest BCUT2D eigenvalue weighted by Gasteiger charge is -2.04. The van der Waals surface area contributed by atoms with Crippen LogP contribution in [0, 0.1) is 17.2 Å². The average molecular weight is 249 g/mol. The van der Waals surface area contributed by atoms with Gasteiger partial charge in [-0.1, -0.05) is 18.2 Å². The van der Waals surface area contributed by atoms with E-state index in [1.165, 1.54) is 0 Å². The van der Waals surface area contributed by atoms with Gasteiger partial charge in [0.1, 0.15) is 5.58 Å². The second-order valence-electron chi connectivity index (χ2n) is 4.01. The summed E-state index contributed by atoms with van der Waals surface area (Å²) in [6, 6.07) is 9.92. The smallest absolute Gasteiger partial charge is 0.199 e. The van der Waals surface area contributed by atoms with Gasteiger partial charge in [-0.05, 0) is 24.6 Å². The fraction of sp³-hybridized carbons (Fsp3) is 0.308. The van der Waals surface area contributed by atoms with Crippen molar-refractivity contribution in [1.82, 2.24) is 5.32 Å². The number of halogens is 1. The standard InChI is InChI=1S/C13H13ClN2O/c1-9(6-15)7-16-8-11-10-4-2-3-5-12(10)17-13(11)14/h2-5,9,16H,7-8H2,1H3. The van der Waals surface area contributed by atoms with Crippen molar-refractivity contribution in [2.24, 2.45) is 5.92 Å². The Morgan fingerprint density at radius 1 is 1.47 bits per heavy atom. The van der Waals surface area contributed by atoms with Gasteiger partial charge >= 0.3 is 0 Å². The molecule has 0 saturated heterocycles. The van der Waals surface area contributed by atoms with Gasteiger partial charge in [-0.2, -0.15) is 5.26 Å². The number of nitrogens with one attached hydrogen (secondary N) is 1. The summed E-state index contributed by atoms with van der Waals surface area (Å²) < 4.78 is 5.44. The molecule has 1 N–H and O–H groups in total. The zero-order valence-electron chi connectivity index (χ0n) is 9.53. The molecule has 17 heavy (non-hydrogen) atoms. The van der Waals surface area contributed by atoms with E-state index in [0.717, 1.165) is 16.5 Å². The molecule has 0 fully saturated rings. The van der Waals surface area contributed by atoms with Crippen LogP contribution in [0.5, 0.6) is 0 Å². The summed E-state index contributed by atoms with van der Waals surface area (Å²) in [6.45, 7) is 3.14. The van der Waals surface area contributed by atoms with Crippen molar-refractivity contribution in [2.45, 2.75) is 13.5 Å². The monoisotopic (exact) mass is 248 g/mol. The first-order valence-electron chi connectivity index (χ1n) is 5.48. The van der Waals surface area contributed by atoms with E-state index in [1.54, 1.807) is 0 Å². The molecule has 1 unspecified atom stereocenters. The van der Waals surface area contributed by atoms with Gasteiger partial charge < -0.3 is 9.73 Å². The Morgan fingerprint density at radius 3 is 3.00 bits per heavy atom. The highest BCUT2D eigenvalue weighted by Crippen LogP contribution is 2.29. The topological polar surface area (TPSA) is 49.0 Å². The van der Waals surface area contributed by atoms with Crippen molar-refractivity contribution in [3.63, 3.8) is 0 Å².